The van der Waals surface area contributed by atoms with Gasteiger partial charge in [-0.3, -0.25) is 4.79 Å². The van der Waals surface area contributed by atoms with Crippen LogP contribution < -0.4 is 9.64 Å². The quantitative estimate of drug-likeness (QED) is 0.680. The number of benzene rings is 1. The van der Waals surface area contributed by atoms with Gasteiger partial charge in [0.05, 0.1) is 7.11 Å². The van der Waals surface area contributed by atoms with Crippen LogP contribution in [-0.4, -0.2) is 63.9 Å². The number of carbonyl (C=O) groups excluding carboxylic acids is 1. The highest BCUT2D eigenvalue weighted by molar-refractivity contribution is 5.76. The van der Waals surface area contributed by atoms with Gasteiger partial charge in [-0.2, -0.15) is 4.52 Å². The summed E-state index contributed by atoms with van der Waals surface area (Å²) in [5, 5.41) is 12.6. The third-order valence-electron chi connectivity index (χ3n) is 4.83. The number of aromatic nitrogens is 4. The highest BCUT2D eigenvalue weighted by Gasteiger charge is 2.21. The summed E-state index contributed by atoms with van der Waals surface area (Å²) in [6.45, 7) is 3.17. The number of ether oxygens (including phenoxy) is 1. The summed E-state index contributed by atoms with van der Waals surface area (Å²) in [6.07, 6.45) is 0.893. The van der Waals surface area contributed by atoms with Crippen LogP contribution in [0.4, 0.5) is 5.69 Å². The summed E-state index contributed by atoms with van der Waals surface area (Å²) in [5.74, 6) is 1.30. The molecule has 1 aromatic carbocycles. The van der Waals surface area contributed by atoms with Crippen molar-refractivity contribution in [2.45, 2.75) is 12.8 Å². The van der Waals surface area contributed by atoms with Crippen LogP contribution in [0, 0.1) is 0 Å². The zero-order valence-corrected chi connectivity index (χ0v) is 15.3. The molecule has 3 heterocycles. The molecule has 3 aromatic rings. The lowest BCUT2D eigenvalue weighted by Crippen LogP contribution is -2.48. The highest BCUT2D eigenvalue weighted by atomic mass is 16.5. The summed E-state index contributed by atoms with van der Waals surface area (Å²) >= 11 is 0. The van der Waals surface area contributed by atoms with Gasteiger partial charge < -0.3 is 14.5 Å². The fraction of sp³-hybridized carbons (Fsp3) is 0.368. The number of aryl methyl sites for hydroxylation is 1. The molecule has 8 heteroatoms. The molecule has 1 saturated heterocycles. The van der Waals surface area contributed by atoms with Crippen molar-refractivity contribution < 1.29 is 9.53 Å². The fourth-order valence-corrected chi connectivity index (χ4v) is 3.31. The summed E-state index contributed by atoms with van der Waals surface area (Å²) in [7, 11) is 1.57. The third-order valence-corrected chi connectivity index (χ3v) is 4.83. The maximum atomic E-state index is 12.6. The Morgan fingerprint density at radius 3 is 2.56 bits per heavy atom. The second-order valence-electron chi connectivity index (χ2n) is 6.47. The van der Waals surface area contributed by atoms with E-state index in [0.29, 0.717) is 30.2 Å². The molecule has 0 spiro atoms. The van der Waals surface area contributed by atoms with Crippen molar-refractivity contribution in [3.63, 3.8) is 0 Å². The van der Waals surface area contributed by atoms with Gasteiger partial charge in [0.2, 0.25) is 11.8 Å². The van der Waals surface area contributed by atoms with Gasteiger partial charge in [0.25, 0.3) is 0 Å². The van der Waals surface area contributed by atoms with Gasteiger partial charge in [-0.15, -0.1) is 15.3 Å². The van der Waals surface area contributed by atoms with Gasteiger partial charge >= 0.3 is 0 Å². The van der Waals surface area contributed by atoms with Crippen molar-refractivity contribution in [2.24, 2.45) is 0 Å². The number of amides is 1. The Balaban J connectivity index is 1.34. The Morgan fingerprint density at radius 2 is 1.81 bits per heavy atom. The van der Waals surface area contributed by atoms with Crippen LogP contribution in [0.25, 0.3) is 5.65 Å². The maximum Gasteiger partial charge on any atom is 0.231 e. The lowest BCUT2D eigenvalue weighted by Gasteiger charge is -2.36. The second kappa shape index (κ2) is 7.61. The van der Waals surface area contributed by atoms with Gasteiger partial charge in [0, 0.05) is 50.8 Å². The van der Waals surface area contributed by atoms with E-state index in [0.717, 1.165) is 26.2 Å². The van der Waals surface area contributed by atoms with Crippen LogP contribution in [0.15, 0.2) is 42.5 Å². The minimum atomic E-state index is 0.141. The lowest BCUT2D eigenvalue weighted by molar-refractivity contribution is -0.131. The van der Waals surface area contributed by atoms with E-state index in [1.165, 1.54) is 5.69 Å². The lowest BCUT2D eigenvalue weighted by atomic mass is 10.2. The van der Waals surface area contributed by atoms with Crippen molar-refractivity contribution in [1.82, 2.24) is 24.7 Å². The number of rotatable bonds is 5. The molecule has 0 bridgehead atoms. The summed E-state index contributed by atoms with van der Waals surface area (Å²) in [4.78, 5) is 16.8. The molecule has 8 nitrogen and oxygen atoms in total. The topological polar surface area (TPSA) is 75.9 Å². The molecule has 140 valence electrons. The van der Waals surface area contributed by atoms with Gasteiger partial charge in [0.15, 0.2) is 11.5 Å². The highest BCUT2D eigenvalue weighted by Crippen LogP contribution is 2.16. The maximum absolute atomic E-state index is 12.6. The van der Waals surface area contributed by atoms with Crippen LogP contribution in [0.5, 0.6) is 5.88 Å². The molecule has 2 aromatic heterocycles. The monoisotopic (exact) mass is 366 g/mol. The van der Waals surface area contributed by atoms with E-state index in [9.17, 15) is 4.79 Å². The first-order valence-electron chi connectivity index (χ1n) is 9.08. The van der Waals surface area contributed by atoms with E-state index >= 15 is 0 Å². The molecule has 1 aliphatic rings. The standard InChI is InChI=1S/C19H22N6O2/c1-27-18-9-7-16-20-21-17(25(16)22-18)8-10-19(26)24-13-11-23(12-14-24)15-5-3-2-4-6-15/h2-7,9H,8,10-14H2,1H3. The summed E-state index contributed by atoms with van der Waals surface area (Å²) < 4.78 is 6.78. The van der Waals surface area contributed by atoms with Crippen LogP contribution in [0.1, 0.15) is 12.2 Å². The van der Waals surface area contributed by atoms with Crippen molar-refractivity contribution in [2.75, 3.05) is 38.2 Å². The van der Waals surface area contributed by atoms with Gasteiger partial charge in [0.1, 0.15) is 0 Å². The summed E-state index contributed by atoms with van der Waals surface area (Å²) in [5.41, 5.74) is 1.86. The molecule has 0 N–H and O–H groups in total. The van der Waals surface area contributed by atoms with E-state index in [4.69, 9.17) is 4.74 Å². The van der Waals surface area contributed by atoms with E-state index in [-0.39, 0.29) is 5.91 Å². The molecular formula is C19H22N6O2. The number of para-hydroxylation sites is 1. The van der Waals surface area contributed by atoms with Crippen molar-refractivity contribution in [3.8, 4) is 5.88 Å². The van der Waals surface area contributed by atoms with Crippen molar-refractivity contribution >= 4 is 17.2 Å². The fourth-order valence-electron chi connectivity index (χ4n) is 3.31. The largest absolute Gasteiger partial charge is 0.480 e. The molecule has 27 heavy (non-hydrogen) atoms. The van der Waals surface area contributed by atoms with E-state index in [1.807, 2.05) is 23.1 Å². The molecular weight excluding hydrogens is 344 g/mol. The molecule has 0 atom stereocenters. The molecule has 1 fully saturated rings. The van der Waals surface area contributed by atoms with Crippen LogP contribution in [0.2, 0.25) is 0 Å². The Labute approximate surface area is 157 Å². The molecule has 4 rings (SSSR count). The van der Waals surface area contributed by atoms with E-state index in [1.54, 1.807) is 23.8 Å². The number of hydrogen-bond donors (Lipinski definition) is 0. The zero-order valence-electron chi connectivity index (χ0n) is 15.3. The van der Waals surface area contributed by atoms with Crippen LogP contribution in [-0.2, 0) is 11.2 Å². The average Bonchev–Trinajstić information content (AvgIpc) is 3.15. The summed E-state index contributed by atoms with van der Waals surface area (Å²) in [6, 6.07) is 13.8. The minimum absolute atomic E-state index is 0.141. The van der Waals surface area contributed by atoms with Crippen molar-refractivity contribution in [1.29, 1.82) is 0 Å². The molecule has 1 amide bonds. The normalized spacial score (nSPS) is 14.6. The predicted octanol–water partition coefficient (Wildman–Crippen LogP) is 1.41. The number of anilines is 1. The third kappa shape index (κ3) is 3.69. The molecule has 0 saturated carbocycles. The first kappa shape index (κ1) is 17.3. The Bertz CT molecular complexity index is 918. The first-order valence-corrected chi connectivity index (χ1v) is 9.08. The van der Waals surface area contributed by atoms with E-state index < -0.39 is 0 Å². The Morgan fingerprint density at radius 1 is 1.04 bits per heavy atom. The molecule has 1 aliphatic heterocycles. The second-order valence-corrected chi connectivity index (χ2v) is 6.47. The SMILES string of the molecule is COc1ccc2nnc(CCC(=O)N3CCN(c4ccccc4)CC3)n2n1. The number of fused-ring (bicyclic) bond motifs is 1. The van der Waals surface area contributed by atoms with Gasteiger partial charge in [-0.25, -0.2) is 0 Å². The number of piperazine rings is 1. The van der Waals surface area contributed by atoms with Gasteiger partial charge in [-0.05, 0) is 18.2 Å². The Hall–Kier alpha value is -3.16. The first-order chi connectivity index (χ1) is 13.2. The smallest absolute Gasteiger partial charge is 0.231 e. The molecule has 0 radical (unpaired) electrons. The molecule has 0 aliphatic carbocycles. The van der Waals surface area contributed by atoms with Crippen LogP contribution >= 0.6 is 0 Å². The average molecular weight is 366 g/mol. The van der Waals surface area contributed by atoms with Crippen LogP contribution in [0.3, 0.4) is 0 Å². The minimum Gasteiger partial charge on any atom is -0.480 e. The Kier molecular flexibility index (Phi) is 4.86. The zero-order chi connectivity index (χ0) is 18.6. The number of nitrogens with zero attached hydrogens (tertiary/aromatic N) is 6. The number of methoxy groups -OCH3 is 1. The number of hydrogen-bond acceptors (Lipinski definition) is 6. The van der Waals surface area contributed by atoms with Crippen molar-refractivity contribution in [3.05, 3.63) is 48.3 Å². The predicted molar refractivity (Wildman–Crippen MR) is 101 cm³/mol. The number of carbonyl (C=O) groups is 1. The van der Waals surface area contributed by atoms with Gasteiger partial charge in [-0.1, -0.05) is 18.2 Å². The molecule has 0 unspecified atom stereocenters. The van der Waals surface area contributed by atoms with E-state index in [2.05, 4.69) is 32.3 Å².